The number of carbonyl (C=O) groups is 1. The molecule has 1 aromatic carbocycles. The Morgan fingerprint density at radius 3 is 3.10 bits per heavy atom. The first kappa shape index (κ1) is 16.1. The molecular formula is C15H21ClN2O3. The minimum absolute atomic E-state index is 0.0929. The van der Waals surface area contributed by atoms with Gasteiger partial charge in [0.1, 0.15) is 12.4 Å². The summed E-state index contributed by atoms with van der Waals surface area (Å²) in [6.45, 7) is 1.76. The van der Waals surface area contributed by atoms with Gasteiger partial charge in [-0.25, -0.2) is 0 Å². The lowest BCUT2D eigenvalue weighted by Gasteiger charge is -2.15. The van der Waals surface area contributed by atoms with Crippen molar-refractivity contribution in [3.63, 3.8) is 0 Å². The van der Waals surface area contributed by atoms with Crippen LogP contribution in [0.25, 0.3) is 0 Å². The SMILES string of the molecule is NCCCC(=O)Nc1cc(Cl)ccc1OCC1CCCO1. The number of rotatable bonds is 7. The lowest BCUT2D eigenvalue weighted by atomic mass is 10.2. The molecule has 21 heavy (non-hydrogen) atoms. The van der Waals surface area contributed by atoms with E-state index in [2.05, 4.69) is 5.32 Å². The lowest BCUT2D eigenvalue weighted by molar-refractivity contribution is -0.116. The molecule has 6 heteroatoms. The lowest BCUT2D eigenvalue weighted by Crippen LogP contribution is -2.18. The van der Waals surface area contributed by atoms with Crippen molar-refractivity contribution in [3.05, 3.63) is 23.2 Å². The third kappa shape index (κ3) is 5.19. The van der Waals surface area contributed by atoms with E-state index in [1.165, 1.54) is 0 Å². The van der Waals surface area contributed by atoms with E-state index in [9.17, 15) is 4.79 Å². The Bertz CT molecular complexity index is 476. The number of benzene rings is 1. The van der Waals surface area contributed by atoms with Gasteiger partial charge >= 0.3 is 0 Å². The standard InChI is InChI=1S/C15H21ClN2O3/c16-11-5-6-14(21-10-12-3-2-8-20-12)13(9-11)18-15(19)4-1-7-17/h5-6,9,12H,1-4,7-8,10,17H2,(H,18,19). The summed E-state index contributed by atoms with van der Waals surface area (Å²) in [6, 6.07) is 5.19. The smallest absolute Gasteiger partial charge is 0.224 e. The molecule has 0 saturated carbocycles. The Labute approximate surface area is 129 Å². The third-order valence-corrected chi connectivity index (χ3v) is 3.51. The van der Waals surface area contributed by atoms with E-state index < -0.39 is 0 Å². The fourth-order valence-electron chi connectivity index (χ4n) is 2.16. The normalized spacial score (nSPS) is 17.7. The molecule has 0 aliphatic carbocycles. The second-order valence-corrected chi connectivity index (χ2v) is 5.46. The zero-order valence-electron chi connectivity index (χ0n) is 11.9. The molecule has 1 saturated heterocycles. The summed E-state index contributed by atoms with van der Waals surface area (Å²) in [6.07, 6.45) is 3.23. The minimum atomic E-state index is -0.0929. The van der Waals surface area contributed by atoms with E-state index in [0.29, 0.717) is 42.5 Å². The highest BCUT2D eigenvalue weighted by atomic mass is 35.5. The number of hydrogen-bond donors (Lipinski definition) is 2. The molecule has 0 spiro atoms. The van der Waals surface area contributed by atoms with Crippen LogP contribution in [0.5, 0.6) is 5.75 Å². The van der Waals surface area contributed by atoms with E-state index in [-0.39, 0.29) is 12.0 Å². The van der Waals surface area contributed by atoms with Crippen LogP contribution in [0.1, 0.15) is 25.7 Å². The van der Waals surface area contributed by atoms with Gasteiger partial charge in [0.15, 0.2) is 0 Å². The summed E-state index contributed by atoms with van der Waals surface area (Å²) in [7, 11) is 0. The summed E-state index contributed by atoms with van der Waals surface area (Å²) in [5, 5.41) is 3.37. The van der Waals surface area contributed by atoms with Crippen molar-refractivity contribution in [1.82, 2.24) is 0 Å². The van der Waals surface area contributed by atoms with Gasteiger partial charge in [-0.2, -0.15) is 0 Å². The van der Waals surface area contributed by atoms with E-state index >= 15 is 0 Å². The summed E-state index contributed by atoms with van der Waals surface area (Å²) in [5.41, 5.74) is 5.99. The van der Waals surface area contributed by atoms with Gasteiger partial charge in [0.05, 0.1) is 11.8 Å². The van der Waals surface area contributed by atoms with Gasteiger partial charge in [-0.05, 0) is 44.0 Å². The number of hydrogen-bond acceptors (Lipinski definition) is 4. The van der Waals surface area contributed by atoms with E-state index in [1.54, 1.807) is 18.2 Å². The molecule has 1 fully saturated rings. The molecule has 1 atom stereocenters. The highest BCUT2D eigenvalue weighted by Gasteiger charge is 2.17. The van der Waals surface area contributed by atoms with Crippen LogP contribution in [-0.4, -0.2) is 31.8 Å². The number of nitrogens with one attached hydrogen (secondary N) is 1. The number of carbonyl (C=O) groups excluding carboxylic acids is 1. The largest absolute Gasteiger partial charge is 0.489 e. The van der Waals surface area contributed by atoms with E-state index in [1.807, 2.05) is 0 Å². The molecule has 1 heterocycles. The van der Waals surface area contributed by atoms with Crippen LogP contribution in [0.15, 0.2) is 18.2 Å². The molecule has 1 aliphatic heterocycles. The van der Waals surface area contributed by atoms with E-state index in [0.717, 1.165) is 19.4 Å². The summed E-state index contributed by atoms with van der Waals surface area (Å²) >= 11 is 5.98. The number of halogens is 1. The topological polar surface area (TPSA) is 73.6 Å². The van der Waals surface area contributed by atoms with Crippen LogP contribution in [-0.2, 0) is 9.53 Å². The molecule has 5 nitrogen and oxygen atoms in total. The van der Waals surface area contributed by atoms with Crippen LogP contribution in [0, 0.1) is 0 Å². The fourth-order valence-corrected chi connectivity index (χ4v) is 2.33. The van der Waals surface area contributed by atoms with Crippen molar-refractivity contribution in [1.29, 1.82) is 0 Å². The maximum Gasteiger partial charge on any atom is 0.224 e. The highest BCUT2D eigenvalue weighted by Crippen LogP contribution is 2.29. The molecular weight excluding hydrogens is 292 g/mol. The third-order valence-electron chi connectivity index (χ3n) is 3.27. The maximum atomic E-state index is 11.8. The van der Waals surface area contributed by atoms with Gasteiger partial charge in [-0.3, -0.25) is 4.79 Å². The van der Waals surface area contributed by atoms with Crippen LogP contribution in [0.4, 0.5) is 5.69 Å². The summed E-state index contributed by atoms with van der Waals surface area (Å²) < 4.78 is 11.3. The van der Waals surface area contributed by atoms with Crippen LogP contribution < -0.4 is 15.8 Å². The average Bonchev–Trinajstić information content (AvgIpc) is 2.97. The van der Waals surface area contributed by atoms with Crippen molar-refractivity contribution in [3.8, 4) is 5.75 Å². The Balaban J connectivity index is 1.97. The Morgan fingerprint density at radius 2 is 2.38 bits per heavy atom. The average molecular weight is 313 g/mol. The molecule has 1 unspecified atom stereocenters. The molecule has 0 radical (unpaired) electrons. The Hall–Kier alpha value is -1.30. The predicted molar refractivity (Wildman–Crippen MR) is 82.8 cm³/mol. The van der Waals surface area contributed by atoms with Crippen molar-refractivity contribution < 1.29 is 14.3 Å². The van der Waals surface area contributed by atoms with Gasteiger partial charge in [-0.1, -0.05) is 11.6 Å². The number of nitrogens with two attached hydrogens (primary N) is 1. The van der Waals surface area contributed by atoms with Crippen LogP contribution >= 0.6 is 11.6 Å². The van der Waals surface area contributed by atoms with Gasteiger partial charge in [0, 0.05) is 18.1 Å². The molecule has 0 aromatic heterocycles. The Morgan fingerprint density at radius 1 is 1.52 bits per heavy atom. The maximum absolute atomic E-state index is 11.8. The first-order chi connectivity index (χ1) is 10.2. The van der Waals surface area contributed by atoms with Gasteiger partial charge in [0.25, 0.3) is 0 Å². The van der Waals surface area contributed by atoms with Crippen LogP contribution in [0.3, 0.4) is 0 Å². The van der Waals surface area contributed by atoms with E-state index in [4.69, 9.17) is 26.8 Å². The number of ether oxygens (including phenoxy) is 2. The highest BCUT2D eigenvalue weighted by molar-refractivity contribution is 6.31. The molecule has 1 amide bonds. The first-order valence-corrected chi connectivity index (χ1v) is 7.60. The van der Waals surface area contributed by atoms with Crippen LogP contribution in [0.2, 0.25) is 5.02 Å². The monoisotopic (exact) mass is 312 g/mol. The molecule has 0 bridgehead atoms. The second kappa shape index (κ2) is 8.22. The van der Waals surface area contributed by atoms with Crippen molar-refractivity contribution in [2.75, 3.05) is 25.1 Å². The predicted octanol–water partition coefficient (Wildman–Crippen LogP) is 2.58. The van der Waals surface area contributed by atoms with Crippen molar-refractivity contribution in [2.45, 2.75) is 31.8 Å². The second-order valence-electron chi connectivity index (χ2n) is 5.03. The minimum Gasteiger partial charge on any atom is -0.489 e. The van der Waals surface area contributed by atoms with Crippen molar-refractivity contribution >= 4 is 23.2 Å². The summed E-state index contributed by atoms with van der Waals surface area (Å²) in [4.78, 5) is 11.8. The van der Waals surface area contributed by atoms with Gasteiger partial charge in [0.2, 0.25) is 5.91 Å². The zero-order valence-corrected chi connectivity index (χ0v) is 12.7. The van der Waals surface area contributed by atoms with Gasteiger partial charge < -0.3 is 20.5 Å². The number of amides is 1. The molecule has 2 rings (SSSR count). The molecule has 116 valence electrons. The molecule has 1 aliphatic rings. The first-order valence-electron chi connectivity index (χ1n) is 7.23. The number of anilines is 1. The zero-order chi connectivity index (χ0) is 15.1. The Kier molecular flexibility index (Phi) is 6.29. The molecule has 1 aromatic rings. The van der Waals surface area contributed by atoms with Gasteiger partial charge in [-0.15, -0.1) is 0 Å². The van der Waals surface area contributed by atoms with Crippen molar-refractivity contribution in [2.24, 2.45) is 5.73 Å². The molecule has 3 N–H and O–H groups in total. The summed E-state index contributed by atoms with van der Waals surface area (Å²) in [5.74, 6) is 0.515. The quantitative estimate of drug-likeness (QED) is 0.811. The fraction of sp³-hybridized carbons (Fsp3) is 0.533.